The molecule has 0 fully saturated rings. The van der Waals surface area contributed by atoms with E-state index in [-0.39, 0.29) is 16.8 Å². The van der Waals surface area contributed by atoms with E-state index in [4.69, 9.17) is 4.74 Å². The molecule has 1 aromatic carbocycles. The first-order valence-corrected chi connectivity index (χ1v) is 4.92. The number of nitrogens with zero attached hydrogens (tertiary/aromatic N) is 2. The highest BCUT2D eigenvalue weighted by molar-refractivity contribution is 5.82. The van der Waals surface area contributed by atoms with Gasteiger partial charge in [0, 0.05) is 12.1 Å². The number of H-pyrrole nitrogens is 1. The molecule has 0 bridgehead atoms. The highest BCUT2D eigenvalue weighted by Crippen LogP contribution is 2.29. The van der Waals surface area contributed by atoms with Crippen LogP contribution in [-0.2, 0) is 0 Å². The summed E-state index contributed by atoms with van der Waals surface area (Å²) in [5, 5.41) is 11.0. The van der Waals surface area contributed by atoms with Gasteiger partial charge in [-0.15, -0.1) is 0 Å². The van der Waals surface area contributed by atoms with Gasteiger partial charge in [-0.25, -0.2) is 4.98 Å². The second kappa shape index (κ2) is 4.20. The molecule has 0 saturated carbocycles. The molecule has 0 aliphatic rings. The number of rotatable bonds is 3. The molecular formula is C10H9N3O4. The summed E-state index contributed by atoms with van der Waals surface area (Å²) in [6, 6.07) is 2.57. The Morgan fingerprint density at radius 3 is 2.94 bits per heavy atom. The molecule has 0 atom stereocenters. The van der Waals surface area contributed by atoms with Gasteiger partial charge in [-0.1, -0.05) is 0 Å². The number of ether oxygens (including phenoxy) is 1. The standard InChI is InChI=1S/C10H9N3O4/c1-2-17-9-4-7-6(3-8(9)13(15)16)10(14)12-5-11-7/h3-5H,2H2,1H3,(H,11,12,14). The summed E-state index contributed by atoms with van der Waals surface area (Å²) < 4.78 is 5.15. The molecular weight excluding hydrogens is 226 g/mol. The fourth-order valence-electron chi connectivity index (χ4n) is 1.50. The summed E-state index contributed by atoms with van der Waals surface area (Å²) >= 11 is 0. The smallest absolute Gasteiger partial charge is 0.311 e. The van der Waals surface area contributed by atoms with E-state index in [1.165, 1.54) is 18.5 Å². The first-order chi connectivity index (χ1) is 8.13. The second-order valence-electron chi connectivity index (χ2n) is 3.26. The van der Waals surface area contributed by atoms with Gasteiger partial charge in [0.2, 0.25) is 0 Å². The molecule has 0 spiro atoms. The van der Waals surface area contributed by atoms with Crippen molar-refractivity contribution in [3.8, 4) is 5.75 Å². The normalized spacial score (nSPS) is 10.4. The Morgan fingerprint density at radius 1 is 1.53 bits per heavy atom. The van der Waals surface area contributed by atoms with E-state index in [1.54, 1.807) is 6.92 Å². The van der Waals surface area contributed by atoms with E-state index in [2.05, 4.69) is 9.97 Å². The highest BCUT2D eigenvalue weighted by atomic mass is 16.6. The van der Waals surface area contributed by atoms with Crippen LogP contribution in [-0.4, -0.2) is 21.5 Å². The van der Waals surface area contributed by atoms with Crippen molar-refractivity contribution in [2.24, 2.45) is 0 Å². The maximum atomic E-state index is 11.5. The SMILES string of the molecule is CCOc1cc2nc[nH]c(=O)c2cc1[N+](=O)[O-]. The minimum Gasteiger partial charge on any atom is -0.487 e. The van der Waals surface area contributed by atoms with Crippen LogP contribution in [0.2, 0.25) is 0 Å². The van der Waals surface area contributed by atoms with Crippen molar-refractivity contribution in [3.63, 3.8) is 0 Å². The molecule has 0 aliphatic heterocycles. The van der Waals surface area contributed by atoms with Crippen LogP contribution in [0.25, 0.3) is 10.9 Å². The van der Waals surface area contributed by atoms with E-state index in [0.717, 1.165) is 0 Å². The summed E-state index contributed by atoms with van der Waals surface area (Å²) in [6.07, 6.45) is 1.24. The largest absolute Gasteiger partial charge is 0.487 e. The maximum Gasteiger partial charge on any atom is 0.311 e. The van der Waals surface area contributed by atoms with Gasteiger partial charge in [0.05, 0.1) is 28.8 Å². The molecule has 2 aromatic rings. The molecule has 1 heterocycles. The molecule has 1 aromatic heterocycles. The zero-order valence-corrected chi connectivity index (χ0v) is 8.97. The molecule has 0 saturated heterocycles. The van der Waals surface area contributed by atoms with Crippen molar-refractivity contribution >= 4 is 16.6 Å². The van der Waals surface area contributed by atoms with Crippen LogP contribution >= 0.6 is 0 Å². The van der Waals surface area contributed by atoms with Crippen LogP contribution in [0.15, 0.2) is 23.3 Å². The number of nitrogens with one attached hydrogen (secondary N) is 1. The predicted molar refractivity (Wildman–Crippen MR) is 60.2 cm³/mol. The summed E-state index contributed by atoms with van der Waals surface area (Å²) in [5.74, 6) is 0.114. The Balaban J connectivity index is 2.77. The van der Waals surface area contributed by atoms with Crippen LogP contribution in [0, 0.1) is 10.1 Å². The number of aromatic nitrogens is 2. The Labute approximate surface area is 95.2 Å². The molecule has 0 amide bonds. The number of fused-ring (bicyclic) bond motifs is 1. The number of aromatic amines is 1. The Hall–Kier alpha value is -2.44. The lowest BCUT2D eigenvalue weighted by atomic mass is 10.2. The summed E-state index contributed by atoms with van der Waals surface area (Å²) in [7, 11) is 0. The zero-order valence-electron chi connectivity index (χ0n) is 8.97. The van der Waals surface area contributed by atoms with Gasteiger partial charge in [0.25, 0.3) is 5.56 Å². The molecule has 7 heteroatoms. The maximum absolute atomic E-state index is 11.5. The van der Waals surface area contributed by atoms with Crippen molar-refractivity contribution in [2.75, 3.05) is 6.61 Å². The lowest BCUT2D eigenvalue weighted by molar-refractivity contribution is -0.385. The zero-order chi connectivity index (χ0) is 12.4. The third-order valence-corrected chi connectivity index (χ3v) is 2.22. The van der Waals surface area contributed by atoms with Crippen LogP contribution in [0.3, 0.4) is 0 Å². The molecule has 88 valence electrons. The summed E-state index contributed by atoms with van der Waals surface area (Å²) in [5.41, 5.74) is -0.290. The quantitative estimate of drug-likeness (QED) is 0.637. The molecule has 17 heavy (non-hydrogen) atoms. The van der Waals surface area contributed by atoms with Crippen LogP contribution < -0.4 is 10.3 Å². The van der Waals surface area contributed by atoms with Gasteiger partial charge in [0.1, 0.15) is 0 Å². The minimum atomic E-state index is -0.586. The lowest BCUT2D eigenvalue weighted by Crippen LogP contribution is -2.07. The number of hydrogen-bond acceptors (Lipinski definition) is 5. The van der Waals surface area contributed by atoms with Gasteiger partial charge < -0.3 is 9.72 Å². The van der Waals surface area contributed by atoms with Gasteiger partial charge in [-0.05, 0) is 6.92 Å². The van der Waals surface area contributed by atoms with E-state index in [0.29, 0.717) is 12.1 Å². The van der Waals surface area contributed by atoms with Crippen molar-refractivity contribution in [1.29, 1.82) is 0 Å². The number of nitro benzene ring substituents is 1. The minimum absolute atomic E-state index is 0.114. The van der Waals surface area contributed by atoms with E-state index < -0.39 is 10.5 Å². The number of benzene rings is 1. The molecule has 0 unspecified atom stereocenters. The van der Waals surface area contributed by atoms with Gasteiger partial charge in [-0.2, -0.15) is 0 Å². The van der Waals surface area contributed by atoms with E-state index >= 15 is 0 Å². The Morgan fingerprint density at radius 2 is 2.29 bits per heavy atom. The Bertz CT molecular complexity index is 635. The average molecular weight is 235 g/mol. The number of hydrogen-bond donors (Lipinski definition) is 1. The van der Waals surface area contributed by atoms with Gasteiger partial charge in [-0.3, -0.25) is 14.9 Å². The second-order valence-corrected chi connectivity index (χ2v) is 3.26. The lowest BCUT2D eigenvalue weighted by Gasteiger charge is -2.04. The molecule has 0 aliphatic carbocycles. The fourth-order valence-corrected chi connectivity index (χ4v) is 1.50. The predicted octanol–water partition coefficient (Wildman–Crippen LogP) is 1.23. The Kier molecular flexibility index (Phi) is 2.73. The van der Waals surface area contributed by atoms with Crippen LogP contribution in [0.1, 0.15) is 6.92 Å². The first-order valence-electron chi connectivity index (χ1n) is 4.92. The third kappa shape index (κ3) is 1.94. The van der Waals surface area contributed by atoms with Gasteiger partial charge in [0.15, 0.2) is 5.75 Å². The van der Waals surface area contributed by atoms with Crippen molar-refractivity contribution < 1.29 is 9.66 Å². The molecule has 7 nitrogen and oxygen atoms in total. The summed E-state index contributed by atoms with van der Waals surface area (Å²) in [6.45, 7) is 2.02. The summed E-state index contributed by atoms with van der Waals surface area (Å²) in [4.78, 5) is 28.0. The third-order valence-electron chi connectivity index (χ3n) is 2.22. The van der Waals surface area contributed by atoms with E-state index in [9.17, 15) is 14.9 Å². The van der Waals surface area contributed by atoms with Crippen LogP contribution in [0.4, 0.5) is 5.69 Å². The van der Waals surface area contributed by atoms with Gasteiger partial charge >= 0.3 is 5.69 Å². The highest BCUT2D eigenvalue weighted by Gasteiger charge is 2.17. The molecule has 1 N–H and O–H groups in total. The first kappa shape index (κ1) is 11.1. The van der Waals surface area contributed by atoms with Crippen LogP contribution in [0.5, 0.6) is 5.75 Å². The fraction of sp³-hybridized carbons (Fsp3) is 0.200. The molecule has 2 rings (SSSR count). The van der Waals surface area contributed by atoms with Crippen molar-refractivity contribution in [1.82, 2.24) is 9.97 Å². The molecule has 0 radical (unpaired) electrons. The average Bonchev–Trinajstić information content (AvgIpc) is 2.29. The number of nitro groups is 1. The van der Waals surface area contributed by atoms with E-state index in [1.807, 2.05) is 0 Å². The van der Waals surface area contributed by atoms with Crippen molar-refractivity contribution in [2.45, 2.75) is 6.92 Å². The monoisotopic (exact) mass is 235 g/mol. The van der Waals surface area contributed by atoms with Crippen molar-refractivity contribution in [3.05, 3.63) is 38.9 Å². The topological polar surface area (TPSA) is 98.1 Å².